The van der Waals surface area contributed by atoms with Crippen LogP contribution in [0, 0.1) is 11.7 Å². The maximum Gasteiger partial charge on any atom is 0.224 e. The van der Waals surface area contributed by atoms with Gasteiger partial charge in [0.05, 0.1) is 23.0 Å². The van der Waals surface area contributed by atoms with Gasteiger partial charge >= 0.3 is 0 Å². The van der Waals surface area contributed by atoms with Crippen molar-refractivity contribution < 1.29 is 14.3 Å². The fourth-order valence-electron chi connectivity index (χ4n) is 5.26. The van der Waals surface area contributed by atoms with Gasteiger partial charge in [0.25, 0.3) is 0 Å². The van der Waals surface area contributed by atoms with Crippen LogP contribution in [0.3, 0.4) is 0 Å². The van der Waals surface area contributed by atoms with Crippen LogP contribution < -0.4 is 16.4 Å². The highest BCUT2D eigenvalue weighted by atomic mass is 35.5. The fraction of sp³-hybridized carbons (Fsp3) is 0.500. The monoisotopic (exact) mass is 535 g/mol. The number of aliphatic hydroxyl groups excluding tert-OH is 1. The van der Waals surface area contributed by atoms with Crippen LogP contribution in [0.1, 0.15) is 57.4 Å². The Labute approximate surface area is 217 Å². The molecule has 0 saturated heterocycles. The van der Waals surface area contributed by atoms with Gasteiger partial charge in [-0.05, 0) is 63.5 Å². The molecule has 1 aromatic carbocycles. The minimum atomic E-state index is -0.604. The Morgan fingerprint density at radius 1 is 1.14 bits per heavy atom. The molecule has 2 heterocycles. The lowest BCUT2D eigenvalue weighted by atomic mass is 9.85. The van der Waals surface area contributed by atoms with Crippen molar-refractivity contribution in [2.45, 2.75) is 69.6 Å². The zero-order chi connectivity index (χ0) is 25.4. The summed E-state index contributed by atoms with van der Waals surface area (Å²) in [5.41, 5.74) is 6.71. The van der Waals surface area contributed by atoms with Crippen molar-refractivity contribution in [3.8, 4) is 0 Å². The zero-order valence-electron chi connectivity index (χ0n) is 19.6. The Morgan fingerprint density at radius 3 is 2.61 bits per heavy atom. The van der Waals surface area contributed by atoms with E-state index in [1.165, 1.54) is 12.1 Å². The molecule has 192 valence electrons. The first kappa shape index (κ1) is 25.0. The van der Waals surface area contributed by atoms with Crippen LogP contribution in [0.5, 0.6) is 0 Å². The summed E-state index contributed by atoms with van der Waals surface area (Å²) < 4.78 is 16.7. The number of benzene rings is 1. The molecule has 2 aliphatic carbocycles. The van der Waals surface area contributed by atoms with Crippen LogP contribution >= 0.6 is 23.2 Å². The van der Waals surface area contributed by atoms with Gasteiger partial charge in [-0.25, -0.2) is 14.4 Å². The number of imidazole rings is 1. The van der Waals surface area contributed by atoms with Gasteiger partial charge in [0.15, 0.2) is 5.65 Å². The predicted octanol–water partition coefficient (Wildman–Crippen LogP) is 4.95. The van der Waals surface area contributed by atoms with Gasteiger partial charge in [-0.2, -0.15) is 4.98 Å². The summed E-state index contributed by atoms with van der Waals surface area (Å²) in [6.45, 7) is 0. The minimum absolute atomic E-state index is 0.0403. The number of rotatable bonds is 6. The van der Waals surface area contributed by atoms with Crippen LogP contribution in [-0.4, -0.2) is 42.7 Å². The number of nitrogens with two attached hydrogens (primary N) is 1. The van der Waals surface area contributed by atoms with E-state index in [0.29, 0.717) is 55.2 Å². The third-order valence-corrected chi connectivity index (χ3v) is 7.64. The number of halogens is 3. The molecule has 0 radical (unpaired) electrons. The van der Waals surface area contributed by atoms with E-state index in [1.54, 1.807) is 6.20 Å². The first-order valence-electron chi connectivity index (χ1n) is 12.2. The van der Waals surface area contributed by atoms with Crippen molar-refractivity contribution in [1.29, 1.82) is 0 Å². The number of carbonyl (C=O) groups is 1. The van der Waals surface area contributed by atoms with Crippen LogP contribution in [0.2, 0.25) is 10.0 Å². The number of anilines is 3. The van der Waals surface area contributed by atoms with E-state index in [9.17, 15) is 14.3 Å². The smallest absolute Gasteiger partial charge is 0.224 e. The molecule has 9 nitrogen and oxygen atoms in total. The van der Waals surface area contributed by atoms with Gasteiger partial charge in [0.2, 0.25) is 17.8 Å². The molecule has 0 bridgehead atoms. The number of fused-ring (bicyclic) bond motifs is 1. The van der Waals surface area contributed by atoms with Crippen LogP contribution in [0.25, 0.3) is 11.2 Å². The number of hydrogen-bond acceptors (Lipinski definition) is 7. The molecule has 2 atom stereocenters. The number of hydrogen-bond donors (Lipinski definition) is 4. The standard InChI is InChI=1S/C24H28Cl2FN7O2/c25-13-8-17(26)20(18(27)9-13)32-24-31-19-11-29-23(30-14-2-1-3-16(35)10-14)33-22(19)34(24)15-6-4-12(5-7-15)21(28)36/h8-9,11-12,14-16,35H,1-7,10H2,(H2,28,36)(H,31,32)(H,29,30,33)/t12?,14-,15?,16-/m0/s1. The van der Waals surface area contributed by atoms with Crippen molar-refractivity contribution in [1.82, 2.24) is 19.5 Å². The molecule has 0 spiro atoms. The second-order valence-corrected chi connectivity index (χ2v) is 10.5. The normalized spacial score (nSPS) is 24.6. The predicted molar refractivity (Wildman–Crippen MR) is 137 cm³/mol. The third-order valence-electron chi connectivity index (χ3n) is 7.12. The molecule has 1 amide bonds. The van der Waals surface area contributed by atoms with E-state index < -0.39 is 5.82 Å². The average Bonchev–Trinajstić information content (AvgIpc) is 3.18. The second kappa shape index (κ2) is 10.4. The summed E-state index contributed by atoms with van der Waals surface area (Å²) in [6.07, 6.45) is 7.26. The average molecular weight is 536 g/mol. The van der Waals surface area contributed by atoms with Gasteiger partial charge in [-0.3, -0.25) is 9.36 Å². The quantitative estimate of drug-likeness (QED) is 0.351. The summed E-state index contributed by atoms with van der Waals surface area (Å²) in [5, 5.41) is 16.7. The number of aliphatic hydroxyl groups is 1. The first-order valence-corrected chi connectivity index (χ1v) is 12.9. The molecule has 2 aliphatic rings. The lowest BCUT2D eigenvalue weighted by molar-refractivity contribution is -0.122. The van der Waals surface area contributed by atoms with E-state index in [4.69, 9.17) is 33.9 Å². The van der Waals surface area contributed by atoms with Gasteiger partial charge in [0, 0.05) is 23.0 Å². The van der Waals surface area contributed by atoms with E-state index in [-0.39, 0.29) is 45.7 Å². The van der Waals surface area contributed by atoms with Crippen molar-refractivity contribution in [3.05, 3.63) is 34.2 Å². The maximum atomic E-state index is 14.7. The molecule has 0 aliphatic heterocycles. The number of aromatic nitrogens is 4. The Bertz CT molecular complexity index is 1260. The highest BCUT2D eigenvalue weighted by Crippen LogP contribution is 2.38. The van der Waals surface area contributed by atoms with Gasteiger partial charge in [-0.15, -0.1) is 0 Å². The molecule has 2 saturated carbocycles. The van der Waals surface area contributed by atoms with Crippen molar-refractivity contribution >= 4 is 57.9 Å². The van der Waals surface area contributed by atoms with E-state index >= 15 is 0 Å². The molecule has 0 unspecified atom stereocenters. The summed E-state index contributed by atoms with van der Waals surface area (Å²) in [7, 11) is 0. The topological polar surface area (TPSA) is 131 Å². The molecular weight excluding hydrogens is 508 g/mol. The van der Waals surface area contributed by atoms with Crippen LogP contribution in [0.15, 0.2) is 18.3 Å². The number of primary amides is 1. The number of amides is 1. The maximum absolute atomic E-state index is 14.7. The van der Waals surface area contributed by atoms with Crippen molar-refractivity contribution in [2.75, 3.05) is 10.6 Å². The lowest BCUT2D eigenvalue weighted by Gasteiger charge is -2.29. The van der Waals surface area contributed by atoms with Crippen molar-refractivity contribution in [2.24, 2.45) is 11.7 Å². The van der Waals surface area contributed by atoms with Gasteiger partial charge in [-0.1, -0.05) is 23.2 Å². The molecule has 3 aromatic rings. The first-order chi connectivity index (χ1) is 17.3. The van der Waals surface area contributed by atoms with E-state index in [2.05, 4.69) is 20.6 Å². The lowest BCUT2D eigenvalue weighted by Crippen LogP contribution is -2.30. The Balaban J connectivity index is 1.51. The highest BCUT2D eigenvalue weighted by molar-refractivity contribution is 6.36. The second-order valence-electron chi connectivity index (χ2n) is 9.65. The summed E-state index contributed by atoms with van der Waals surface area (Å²) in [4.78, 5) is 25.5. The molecule has 5 rings (SSSR count). The molecule has 2 aromatic heterocycles. The summed E-state index contributed by atoms with van der Waals surface area (Å²) in [5.74, 6) is -0.250. The molecule has 36 heavy (non-hydrogen) atoms. The molecular formula is C24H28Cl2FN7O2. The zero-order valence-corrected chi connectivity index (χ0v) is 21.1. The number of carbonyl (C=O) groups excluding carboxylic acids is 1. The summed E-state index contributed by atoms with van der Waals surface area (Å²) >= 11 is 12.2. The highest BCUT2D eigenvalue weighted by Gasteiger charge is 2.30. The molecule has 5 N–H and O–H groups in total. The summed E-state index contributed by atoms with van der Waals surface area (Å²) in [6, 6.07) is 2.68. The largest absolute Gasteiger partial charge is 0.393 e. The van der Waals surface area contributed by atoms with Gasteiger partial charge < -0.3 is 21.5 Å². The third kappa shape index (κ3) is 5.21. The van der Waals surface area contributed by atoms with Crippen LogP contribution in [-0.2, 0) is 4.79 Å². The Morgan fingerprint density at radius 2 is 1.92 bits per heavy atom. The minimum Gasteiger partial charge on any atom is -0.393 e. The van der Waals surface area contributed by atoms with E-state index in [1.807, 2.05) is 4.57 Å². The van der Waals surface area contributed by atoms with E-state index in [0.717, 1.165) is 19.3 Å². The Hall–Kier alpha value is -2.69. The number of nitrogens with zero attached hydrogens (tertiary/aromatic N) is 4. The molecule has 2 fully saturated rings. The van der Waals surface area contributed by atoms with Gasteiger partial charge in [0.1, 0.15) is 11.3 Å². The van der Waals surface area contributed by atoms with Crippen LogP contribution in [0.4, 0.5) is 22.0 Å². The molecule has 12 heteroatoms. The van der Waals surface area contributed by atoms with Crippen molar-refractivity contribution in [3.63, 3.8) is 0 Å². The fourth-order valence-corrected chi connectivity index (χ4v) is 5.78. The Kier molecular flexibility index (Phi) is 7.18. The number of nitrogens with one attached hydrogen (secondary N) is 2. The SMILES string of the molecule is NC(=O)C1CCC(n2c(Nc3c(F)cc(Cl)cc3Cl)nc3cnc(N[C@H]4CCC[C@H](O)C4)nc32)CC1.